The third-order valence-corrected chi connectivity index (χ3v) is 7.79. The van der Waals surface area contributed by atoms with Crippen LogP contribution in [0.1, 0.15) is 30.6 Å². The van der Waals surface area contributed by atoms with Crippen molar-refractivity contribution < 1.29 is 8.42 Å². The first kappa shape index (κ1) is 14.9. The SMILES string of the molecule is CSC1(CNS(=O)(=O)c2ccc(C#N)s2)CCCC1. The van der Waals surface area contributed by atoms with Gasteiger partial charge in [0, 0.05) is 11.3 Å². The molecule has 0 radical (unpaired) electrons. The first-order valence-corrected chi connectivity index (χ1v) is 9.59. The maximum atomic E-state index is 12.2. The molecule has 104 valence electrons. The molecule has 1 aromatic heterocycles. The Morgan fingerprint density at radius 3 is 2.68 bits per heavy atom. The second-order valence-corrected chi connectivity index (χ2v) is 9.00. The van der Waals surface area contributed by atoms with Crippen molar-refractivity contribution in [1.82, 2.24) is 4.72 Å². The summed E-state index contributed by atoms with van der Waals surface area (Å²) < 4.78 is 27.3. The molecule has 19 heavy (non-hydrogen) atoms. The number of nitrogens with zero attached hydrogens (tertiary/aromatic N) is 1. The zero-order valence-corrected chi connectivity index (χ0v) is 13.1. The smallest absolute Gasteiger partial charge is 0.209 e. The molecule has 4 nitrogen and oxygen atoms in total. The van der Waals surface area contributed by atoms with Gasteiger partial charge in [0.15, 0.2) is 0 Å². The molecule has 1 aliphatic carbocycles. The summed E-state index contributed by atoms with van der Waals surface area (Å²) in [5.41, 5.74) is 0. The molecule has 1 saturated carbocycles. The minimum Gasteiger partial charge on any atom is -0.209 e. The number of sulfonamides is 1. The Bertz CT molecular complexity index is 580. The van der Waals surface area contributed by atoms with Gasteiger partial charge in [-0.15, -0.1) is 11.3 Å². The van der Waals surface area contributed by atoms with E-state index in [1.807, 2.05) is 12.3 Å². The van der Waals surface area contributed by atoms with E-state index in [2.05, 4.69) is 4.72 Å². The zero-order valence-electron chi connectivity index (χ0n) is 10.7. The average molecular weight is 316 g/mol. The van der Waals surface area contributed by atoms with Gasteiger partial charge in [-0.25, -0.2) is 13.1 Å². The number of nitrogens with one attached hydrogen (secondary N) is 1. The van der Waals surface area contributed by atoms with Crippen molar-refractivity contribution in [2.45, 2.75) is 34.6 Å². The lowest BCUT2D eigenvalue weighted by atomic mass is 10.1. The van der Waals surface area contributed by atoms with Gasteiger partial charge >= 0.3 is 0 Å². The molecule has 1 aliphatic rings. The maximum absolute atomic E-state index is 12.2. The molecule has 1 heterocycles. The summed E-state index contributed by atoms with van der Waals surface area (Å²) in [6.45, 7) is 0.469. The largest absolute Gasteiger partial charge is 0.250 e. The van der Waals surface area contributed by atoms with Crippen molar-refractivity contribution in [3.05, 3.63) is 17.0 Å². The Balaban J connectivity index is 2.07. The van der Waals surface area contributed by atoms with Crippen LogP contribution in [-0.4, -0.2) is 26.0 Å². The van der Waals surface area contributed by atoms with Crippen LogP contribution in [-0.2, 0) is 10.0 Å². The monoisotopic (exact) mass is 316 g/mol. The predicted octanol–water partition coefficient (Wildman–Crippen LogP) is 2.57. The number of hydrogen-bond donors (Lipinski definition) is 1. The average Bonchev–Trinajstić information content (AvgIpc) is 3.06. The highest BCUT2D eigenvalue weighted by atomic mass is 32.2. The molecular weight excluding hydrogens is 300 g/mol. The molecule has 0 unspecified atom stereocenters. The van der Waals surface area contributed by atoms with E-state index in [1.54, 1.807) is 17.8 Å². The summed E-state index contributed by atoms with van der Waals surface area (Å²) in [6, 6.07) is 4.99. The Morgan fingerprint density at radius 1 is 1.47 bits per heavy atom. The van der Waals surface area contributed by atoms with E-state index in [4.69, 9.17) is 5.26 Å². The minimum absolute atomic E-state index is 0.0440. The van der Waals surface area contributed by atoms with Crippen LogP contribution in [0.2, 0.25) is 0 Å². The molecule has 0 aromatic carbocycles. The highest BCUT2D eigenvalue weighted by Gasteiger charge is 2.34. The van der Waals surface area contributed by atoms with Crippen molar-refractivity contribution in [2.75, 3.05) is 12.8 Å². The number of thiophene rings is 1. The molecule has 1 N–H and O–H groups in total. The van der Waals surface area contributed by atoms with Gasteiger partial charge in [-0.2, -0.15) is 17.0 Å². The third kappa shape index (κ3) is 3.31. The fourth-order valence-electron chi connectivity index (χ4n) is 2.29. The highest BCUT2D eigenvalue weighted by molar-refractivity contribution is 8.00. The summed E-state index contributed by atoms with van der Waals surface area (Å²) in [6.07, 6.45) is 6.49. The van der Waals surface area contributed by atoms with E-state index in [0.717, 1.165) is 24.2 Å². The Kier molecular flexibility index (Phi) is 4.56. The van der Waals surface area contributed by atoms with Crippen LogP contribution in [0.25, 0.3) is 0 Å². The molecular formula is C12H16N2O2S3. The van der Waals surface area contributed by atoms with E-state index in [0.29, 0.717) is 11.4 Å². The van der Waals surface area contributed by atoms with Crippen molar-refractivity contribution in [1.29, 1.82) is 5.26 Å². The van der Waals surface area contributed by atoms with E-state index in [1.165, 1.54) is 18.9 Å². The number of rotatable bonds is 5. The van der Waals surface area contributed by atoms with Gasteiger partial charge in [0.1, 0.15) is 15.2 Å². The van der Waals surface area contributed by atoms with Gasteiger partial charge in [-0.3, -0.25) is 0 Å². The van der Waals surface area contributed by atoms with Crippen molar-refractivity contribution in [3.63, 3.8) is 0 Å². The second kappa shape index (κ2) is 5.83. The van der Waals surface area contributed by atoms with E-state index in [9.17, 15) is 8.42 Å². The molecule has 0 spiro atoms. The molecule has 2 rings (SSSR count). The predicted molar refractivity (Wildman–Crippen MR) is 78.9 cm³/mol. The van der Waals surface area contributed by atoms with Crippen LogP contribution >= 0.6 is 23.1 Å². The fraction of sp³-hybridized carbons (Fsp3) is 0.583. The molecule has 1 fully saturated rings. The second-order valence-electron chi connectivity index (χ2n) is 4.65. The quantitative estimate of drug-likeness (QED) is 0.906. The van der Waals surface area contributed by atoms with Gasteiger partial charge in [-0.1, -0.05) is 12.8 Å². The van der Waals surface area contributed by atoms with Gasteiger partial charge < -0.3 is 0 Å². The molecule has 0 saturated heterocycles. The number of nitriles is 1. The summed E-state index contributed by atoms with van der Waals surface area (Å²) in [4.78, 5) is 0.417. The Labute approximate surface area is 122 Å². The summed E-state index contributed by atoms with van der Waals surface area (Å²) in [7, 11) is -3.48. The van der Waals surface area contributed by atoms with Gasteiger partial charge in [-0.05, 0) is 31.2 Å². The van der Waals surface area contributed by atoms with Crippen LogP contribution in [0.3, 0.4) is 0 Å². The van der Waals surface area contributed by atoms with Crippen molar-refractivity contribution >= 4 is 33.1 Å². The van der Waals surface area contributed by atoms with Gasteiger partial charge in [0.2, 0.25) is 10.0 Å². The van der Waals surface area contributed by atoms with E-state index < -0.39 is 10.0 Å². The molecule has 0 aliphatic heterocycles. The van der Waals surface area contributed by atoms with Gasteiger partial charge in [0.05, 0.1) is 0 Å². The molecule has 0 amide bonds. The van der Waals surface area contributed by atoms with Crippen LogP contribution in [0, 0.1) is 11.3 Å². The van der Waals surface area contributed by atoms with Crippen LogP contribution < -0.4 is 4.72 Å². The van der Waals surface area contributed by atoms with Crippen LogP contribution in [0.4, 0.5) is 0 Å². The summed E-state index contributed by atoms with van der Waals surface area (Å²) in [5.74, 6) is 0. The summed E-state index contributed by atoms with van der Waals surface area (Å²) >= 11 is 2.76. The first-order valence-electron chi connectivity index (χ1n) is 6.06. The number of hydrogen-bond acceptors (Lipinski definition) is 5. The standard InChI is InChI=1S/C12H16N2O2S3/c1-17-12(6-2-3-7-12)9-14-19(15,16)11-5-4-10(8-13)18-11/h4-5,14H,2-3,6-7,9H2,1H3. The normalized spacial score (nSPS) is 18.3. The van der Waals surface area contributed by atoms with Crippen molar-refractivity contribution in [3.8, 4) is 6.07 Å². The lowest BCUT2D eigenvalue weighted by molar-refractivity contribution is 0.552. The molecule has 0 bridgehead atoms. The topological polar surface area (TPSA) is 70.0 Å². The lowest BCUT2D eigenvalue weighted by Gasteiger charge is -2.26. The zero-order chi connectivity index (χ0) is 13.9. The van der Waals surface area contributed by atoms with Crippen LogP contribution in [0.5, 0.6) is 0 Å². The number of thioether (sulfide) groups is 1. The lowest BCUT2D eigenvalue weighted by Crippen LogP contribution is -2.38. The van der Waals surface area contributed by atoms with Crippen LogP contribution in [0.15, 0.2) is 16.3 Å². The fourth-order valence-corrected chi connectivity index (χ4v) is 5.57. The van der Waals surface area contributed by atoms with E-state index >= 15 is 0 Å². The Hall–Kier alpha value is -0.550. The van der Waals surface area contributed by atoms with E-state index in [-0.39, 0.29) is 8.96 Å². The molecule has 7 heteroatoms. The highest BCUT2D eigenvalue weighted by Crippen LogP contribution is 2.39. The maximum Gasteiger partial charge on any atom is 0.250 e. The summed E-state index contributed by atoms with van der Waals surface area (Å²) in [5, 5.41) is 8.74. The third-order valence-electron chi connectivity index (χ3n) is 3.49. The molecule has 1 aromatic rings. The Morgan fingerprint density at radius 2 is 2.16 bits per heavy atom. The van der Waals surface area contributed by atoms with Gasteiger partial charge in [0.25, 0.3) is 0 Å². The van der Waals surface area contributed by atoms with Crippen molar-refractivity contribution in [2.24, 2.45) is 0 Å². The minimum atomic E-state index is -3.48. The first-order chi connectivity index (χ1) is 9.01. The molecule has 0 atom stereocenters.